The Kier molecular flexibility index (Phi) is 41.1. The fourth-order valence-corrected chi connectivity index (χ4v) is 4.85. The molecule has 0 spiro atoms. The standard InChI is InChI=1S/C19H42N.C15H34N.2BrH/c1-5-6-7-8-9-10-11-12-13-14-15-16-17-18-19-20(2,3)4;1-5-6-7-8-9-10-11-12-13-14-15-16(2,3)4;;/h5-19H2,1-4H3;5-15H2,1-4H3;2*1H/q2*+1;;/p-2. The third kappa shape index (κ3) is 49.8. The summed E-state index contributed by atoms with van der Waals surface area (Å²) in [7, 11) is 13.7. The Morgan fingerprint density at radius 3 is 0.579 bits per heavy atom. The lowest BCUT2D eigenvalue weighted by Crippen LogP contribution is -3.00. The first kappa shape index (κ1) is 45.9. The van der Waals surface area contributed by atoms with Gasteiger partial charge in [0.05, 0.1) is 55.4 Å². The number of hydrogen-bond donors (Lipinski definition) is 0. The number of hydrogen-bond acceptors (Lipinski definition) is 0. The first-order valence-corrected chi connectivity index (χ1v) is 16.7. The summed E-state index contributed by atoms with van der Waals surface area (Å²) in [5.41, 5.74) is 0. The highest BCUT2D eigenvalue weighted by atomic mass is 79.9. The molecule has 0 aromatic carbocycles. The topological polar surface area (TPSA) is 0 Å². The Hall–Kier alpha value is 0.880. The van der Waals surface area contributed by atoms with Crippen molar-refractivity contribution >= 4 is 0 Å². The molecule has 236 valence electrons. The second-order valence-electron chi connectivity index (χ2n) is 13.8. The van der Waals surface area contributed by atoms with Crippen LogP contribution in [0.5, 0.6) is 0 Å². The molecule has 0 heterocycles. The first-order valence-electron chi connectivity index (χ1n) is 16.7. The molecule has 0 fully saturated rings. The lowest BCUT2D eigenvalue weighted by Gasteiger charge is -2.23. The van der Waals surface area contributed by atoms with E-state index in [9.17, 15) is 0 Å². The average molecular weight is 673 g/mol. The molecule has 2 nitrogen and oxygen atoms in total. The number of quaternary nitrogens is 2. The summed E-state index contributed by atoms with van der Waals surface area (Å²) in [6.07, 6.45) is 34.8. The quantitative estimate of drug-likeness (QED) is 0.0917. The highest BCUT2D eigenvalue weighted by Crippen LogP contribution is 2.13. The SMILES string of the molecule is CCCCCCCCCCCCCCCC[N+](C)(C)C.CCCCCCCCCCCC[N+](C)(C)C.[Br-].[Br-]. The third-order valence-corrected chi connectivity index (χ3v) is 7.36. The lowest BCUT2D eigenvalue weighted by molar-refractivity contribution is -0.870. The summed E-state index contributed by atoms with van der Waals surface area (Å²) >= 11 is 0. The molecule has 0 bridgehead atoms. The second-order valence-corrected chi connectivity index (χ2v) is 13.8. The predicted molar refractivity (Wildman–Crippen MR) is 168 cm³/mol. The Labute approximate surface area is 265 Å². The second kappa shape index (κ2) is 34.1. The molecule has 0 rings (SSSR count). The summed E-state index contributed by atoms with van der Waals surface area (Å²) in [6.45, 7) is 7.24. The number of unbranched alkanes of at least 4 members (excludes halogenated alkanes) is 22. The van der Waals surface area contributed by atoms with Gasteiger partial charge >= 0.3 is 0 Å². The van der Waals surface area contributed by atoms with Crippen LogP contribution >= 0.6 is 0 Å². The maximum Gasteiger partial charge on any atom is 0.0780 e. The molecular formula is C34H76Br2N2. The van der Waals surface area contributed by atoms with E-state index in [1.165, 1.54) is 167 Å². The summed E-state index contributed by atoms with van der Waals surface area (Å²) in [5.74, 6) is 0. The van der Waals surface area contributed by atoms with Crippen molar-refractivity contribution in [3.8, 4) is 0 Å². The van der Waals surface area contributed by atoms with Gasteiger partial charge in [0.1, 0.15) is 0 Å². The van der Waals surface area contributed by atoms with E-state index in [0.29, 0.717) is 0 Å². The molecule has 0 amide bonds. The van der Waals surface area contributed by atoms with Crippen LogP contribution in [0.4, 0.5) is 0 Å². The Balaban J connectivity index is -0.000000295. The Bertz CT molecular complexity index is 402. The molecule has 38 heavy (non-hydrogen) atoms. The van der Waals surface area contributed by atoms with Gasteiger partial charge in [0.2, 0.25) is 0 Å². The zero-order valence-corrected chi connectivity index (χ0v) is 31.2. The van der Waals surface area contributed by atoms with E-state index in [1.54, 1.807) is 0 Å². The molecule has 0 radical (unpaired) electrons. The molecule has 0 aromatic heterocycles. The van der Waals surface area contributed by atoms with Crippen LogP contribution in [0.2, 0.25) is 0 Å². The average Bonchev–Trinajstić information content (AvgIpc) is 2.79. The van der Waals surface area contributed by atoms with Crippen LogP contribution in [-0.2, 0) is 0 Å². The minimum absolute atomic E-state index is 0. The van der Waals surface area contributed by atoms with E-state index in [1.807, 2.05) is 0 Å². The van der Waals surface area contributed by atoms with E-state index >= 15 is 0 Å². The van der Waals surface area contributed by atoms with Crippen molar-refractivity contribution in [2.75, 3.05) is 55.4 Å². The highest BCUT2D eigenvalue weighted by Gasteiger charge is 2.05. The molecule has 0 atom stereocenters. The van der Waals surface area contributed by atoms with E-state index in [4.69, 9.17) is 0 Å². The van der Waals surface area contributed by atoms with Gasteiger partial charge < -0.3 is 42.9 Å². The van der Waals surface area contributed by atoms with E-state index in [0.717, 1.165) is 8.97 Å². The molecule has 0 aromatic rings. The molecule has 0 N–H and O–H groups in total. The van der Waals surface area contributed by atoms with Crippen LogP contribution in [0, 0.1) is 0 Å². The molecular weight excluding hydrogens is 596 g/mol. The van der Waals surface area contributed by atoms with Gasteiger partial charge in [-0.25, -0.2) is 0 Å². The predicted octanol–water partition coefficient (Wildman–Crippen LogP) is 4.80. The van der Waals surface area contributed by atoms with Crippen LogP contribution in [-0.4, -0.2) is 64.3 Å². The normalized spacial score (nSPS) is 11.4. The van der Waals surface area contributed by atoms with Gasteiger partial charge in [-0.2, -0.15) is 0 Å². The summed E-state index contributed by atoms with van der Waals surface area (Å²) in [5, 5.41) is 0. The number of nitrogens with zero attached hydrogens (tertiary/aromatic N) is 2. The summed E-state index contributed by atoms with van der Waals surface area (Å²) in [4.78, 5) is 0. The van der Waals surface area contributed by atoms with Gasteiger partial charge in [0.25, 0.3) is 0 Å². The first-order chi connectivity index (χ1) is 17.1. The fraction of sp³-hybridized carbons (Fsp3) is 1.00. The largest absolute Gasteiger partial charge is 1.00 e. The van der Waals surface area contributed by atoms with E-state index in [2.05, 4.69) is 56.1 Å². The lowest BCUT2D eigenvalue weighted by atomic mass is 10.0. The highest BCUT2D eigenvalue weighted by molar-refractivity contribution is 4.49. The molecule has 0 saturated carbocycles. The van der Waals surface area contributed by atoms with E-state index < -0.39 is 0 Å². The number of halogens is 2. The van der Waals surface area contributed by atoms with Crippen molar-refractivity contribution in [3.05, 3.63) is 0 Å². The maximum absolute atomic E-state index is 2.29. The van der Waals surface area contributed by atoms with E-state index in [-0.39, 0.29) is 34.0 Å². The third-order valence-electron chi connectivity index (χ3n) is 7.36. The minimum atomic E-state index is 0. The summed E-state index contributed by atoms with van der Waals surface area (Å²) in [6, 6.07) is 0. The van der Waals surface area contributed by atoms with Gasteiger partial charge in [-0.3, -0.25) is 0 Å². The number of rotatable bonds is 26. The van der Waals surface area contributed by atoms with Crippen molar-refractivity contribution in [1.29, 1.82) is 0 Å². The van der Waals surface area contributed by atoms with Gasteiger partial charge in [0.15, 0.2) is 0 Å². The molecule has 0 saturated heterocycles. The molecule has 4 heteroatoms. The Morgan fingerprint density at radius 1 is 0.263 bits per heavy atom. The molecule has 0 aliphatic carbocycles. The van der Waals surface area contributed by atoms with Crippen molar-refractivity contribution in [3.63, 3.8) is 0 Å². The van der Waals surface area contributed by atoms with Crippen LogP contribution in [0.3, 0.4) is 0 Å². The monoisotopic (exact) mass is 670 g/mol. The van der Waals surface area contributed by atoms with Crippen LogP contribution < -0.4 is 34.0 Å². The van der Waals surface area contributed by atoms with Gasteiger partial charge in [0, 0.05) is 0 Å². The summed E-state index contributed by atoms with van der Waals surface area (Å²) < 4.78 is 2.25. The minimum Gasteiger partial charge on any atom is -1.00 e. The van der Waals surface area contributed by atoms with Crippen LogP contribution in [0.15, 0.2) is 0 Å². The zero-order chi connectivity index (χ0) is 27.4. The van der Waals surface area contributed by atoms with Crippen molar-refractivity contribution in [2.24, 2.45) is 0 Å². The molecule has 0 aliphatic rings. The smallest absolute Gasteiger partial charge is 0.0780 e. The van der Waals surface area contributed by atoms with Crippen molar-refractivity contribution in [2.45, 2.75) is 168 Å². The van der Waals surface area contributed by atoms with Gasteiger partial charge in [-0.05, 0) is 25.7 Å². The van der Waals surface area contributed by atoms with Crippen LogP contribution in [0.1, 0.15) is 168 Å². The van der Waals surface area contributed by atoms with Crippen molar-refractivity contribution < 1.29 is 42.9 Å². The Morgan fingerprint density at radius 2 is 0.421 bits per heavy atom. The molecule has 0 unspecified atom stereocenters. The fourth-order valence-electron chi connectivity index (χ4n) is 4.85. The molecule has 0 aliphatic heterocycles. The van der Waals surface area contributed by atoms with Gasteiger partial charge in [-0.1, -0.05) is 142 Å². The zero-order valence-electron chi connectivity index (χ0n) is 28.0. The van der Waals surface area contributed by atoms with Gasteiger partial charge in [-0.15, -0.1) is 0 Å². The maximum atomic E-state index is 2.29. The van der Waals surface area contributed by atoms with Crippen molar-refractivity contribution in [1.82, 2.24) is 0 Å². The van der Waals surface area contributed by atoms with Crippen LogP contribution in [0.25, 0.3) is 0 Å².